The summed E-state index contributed by atoms with van der Waals surface area (Å²) in [4.78, 5) is 19.8. The molecule has 6 nitrogen and oxygen atoms in total. The van der Waals surface area contributed by atoms with Crippen LogP contribution < -0.4 is 10.2 Å². The Morgan fingerprint density at radius 3 is 2.59 bits per heavy atom. The third kappa shape index (κ3) is 4.67. The zero-order chi connectivity index (χ0) is 19.4. The maximum atomic E-state index is 4.81. The first kappa shape index (κ1) is 19.8. The smallest absolute Gasteiger partial charge is 0.225 e. The van der Waals surface area contributed by atoms with E-state index < -0.39 is 0 Å². The van der Waals surface area contributed by atoms with Gasteiger partial charge < -0.3 is 15.2 Å². The lowest BCUT2D eigenvalue weighted by atomic mass is 9.95. The number of rotatable bonds is 7. The molecule has 2 N–H and O–H groups in total. The highest BCUT2D eigenvalue weighted by atomic mass is 15.3. The van der Waals surface area contributed by atoms with Crippen molar-refractivity contribution in [2.75, 3.05) is 11.9 Å². The molecule has 2 heterocycles. The van der Waals surface area contributed by atoms with Gasteiger partial charge in [0.2, 0.25) is 5.95 Å². The number of hydrogen-bond donors (Lipinski definition) is 2. The monoisotopic (exact) mass is 370 g/mol. The van der Waals surface area contributed by atoms with Crippen LogP contribution in [-0.2, 0) is 13.0 Å². The molecule has 0 saturated heterocycles. The van der Waals surface area contributed by atoms with Crippen molar-refractivity contribution in [2.24, 2.45) is 0 Å². The van der Waals surface area contributed by atoms with Crippen LogP contribution in [0.15, 0.2) is 6.20 Å². The predicted octanol–water partition coefficient (Wildman–Crippen LogP) is 4.00. The molecule has 0 radical (unpaired) electrons. The number of nitrogens with one attached hydrogen (secondary N) is 2. The summed E-state index contributed by atoms with van der Waals surface area (Å²) >= 11 is 0. The molecule has 0 aliphatic heterocycles. The first-order valence-electron chi connectivity index (χ1n) is 10.3. The molecule has 3 rings (SSSR count). The Morgan fingerprint density at radius 2 is 1.96 bits per heavy atom. The van der Waals surface area contributed by atoms with E-state index in [9.17, 15) is 0 Å². The summed E-state index contributed by atoms with van der Waals surface area (Å²) in [5, 5.41) is 3.57. The van der Waals surface area contributed by atoms with E-state index in [2.05, 4.69) is 59.9 Å². The van der Waals surface area contributed by atoms with Crippen LogP contribution in [0.4, 0.5) is 5.95 Å². The molecule has 1 aliphatic rings. The molecule has 1 atom stereocenters. The molecule has 0 spiro atoms. The minimum absolute atomic E-state index is 0.181. The van der Waals surface area contributed by atoms with E-state index in [1.807, 2.05) is 6.20 Å². The highest BCUT2D eigenvalue weighted by molar-refractivity contribution is 5.34. The number of H-pyrrole nitrogens is 1. The third-order valence-electron chi connectivity index (χ3n) is 5.85. The topological polar surface area (TPSA) is 69.7 Å². The molecule has 27 heavy (non-hydrogen) atoms. The molecule has 0 bridgehead atoms. The van der Waals surface area contributed by atoms with Gasteiger partial charge in [-0.15, -0.1) is 0 Å². The summed E-state index contributed by atoms with van der Waals surface area (Å²) in [6.45, 7) is 9.19. The molecule has 0 amide bonds. The van der Waals surface area contributed by atoms with E-state index in [4.69, 9.17) is 4.98 Å². The molecule has 1 aliphatic carbocycles. The second-order valence-corrected chi connectivity index (χ2v) is 7.82. The molecule has 1 unspecified atom stereocenters. The van der Waals surface area contributed by atoms with Crippen molar-refractivity contribution in [3.8, 4) is 0 Å². The summed E-state index contributed by atoms with van der Waals surface area (Å²) in [6.07, 6.45) is 9.42. The van der Waals surface area contributed by atoms with E-state index >= 15 is 0 Å². The first-order valence-corrected chi connectivity index (χ1v) is 10.3. The molecule has 1 fully saturated rings. The highest BCUT2D eigenvalue weighted by Crippen LogP contribution is 2.25. The number of nitrogens with zero attached hydrogens (tertiary/aromatic N) is 4. The Labute approximate surface area is 163 Å². The van der Waals surface area contributed by atoms with Crippen molar-refractivity contribution in [1.29, 1.82) is 0 Å². The van der Waals surface area contributed by atoms with Crippen molar-refractivity contribution in [3.63, 3.8) is 0 Å². The van der Waals surface area contributed by atoms with E-state index in [0.717, 1.165) is 47.4 Å². The second-order valence-electron chi connectivity index (χ2n) is 7.82. The van der Waals surface area contributed by atoms with Crippen molar-refractivity contribution in [3.05, 3.63) is 34.7 Å². The number of aromatic amines is 1. The maximum absolute atomic E-state index is 4.81. The van der Waals surface area contributed by atoms with Gasteiger partial charge in [-0.1, -0.05) is 26.2 Å². The normalized spacial score (nSPS) is 16.5. The van der Waals surface area contributed by atoms with Gasteiger partial charge in [-0.2, -0.15) is 0 Å². The average Bonchev–Trinajstić information content (AvgIpc) is 3.06. The fraction of sp³-hybridized carbons (Fsp3) is 0.667. The Hall–Kier alpha value is -1.95. The zero-order valence-electron chi connectivity index (χ0n) is 17.5. The fourth-order valence-corrected chi connectivity index (χ4v) is 3.95. The van der Waals surface area contributed by atoms with Gasteiger partial charge in [-0.05, 0) is 33.6 Å². The summed E-state index contributed by atoms with van der Waals surface area (Å²) in [5.74, 6) is 1.90. The first-order chi connectivity index (χ1) is 13.0. The van der Waals surface area contributed by atoms with Crippen LogP contribution in [0.5, 0.6) is 0 Å². The molecule has 2 aromatic rings. The van der Waals surface area contributed by atoms with Crippen molar-refractivity contribution >= 4 is 5.95 Å². The second kappa shape index (κ2) is 8.83. The number of imidazole rings is 1. The minimum Gasteiger partial charge on any atom is -0.346 e. The largest absolute Gasteiger partial charge is 0.346 e. The van der Waals surface area contributed by atoms with Gasteiger partial charge in [0.15, 0.2) is 0 Å². The number of aromatic nitrogens is 4. The summed E-state index contributed by atoms with van der Waals surface area (Å²) in [7, 11) is 2.14. The van der Waals surface area contributed by atoms with Crippen LogP contribution in [0.25, 0.3) is 0 Å². The lowest BCUT2D eigenvalue weighted by molar-refractivity contribution is 0.423. The van der Waals surface area contributed by atoms with Crippen LogP contribution in [-0.4, -0.2) is 33.0 Å². The van der Waals surface area contributed by atoms with E-state index in [1.165, 1.54) is 32.1 Å². The van der Waals surface area contributed by atoms with Gasteiger partial charge in [0.25, 0.3) is 0 Å². The van der Waals surface area contributed by atoms with E-state index in [-0.39, 0.29) is 6.04 Å². The maximum Gasteiger partial charge on any atom is 0.225 e. The van der Waals surface area contributed by atoms with Crippen LogP contribution in [0.1, 0.15) is 80.5 Å². The Balaban J connectivity index is 1.64. The van der Waals surface area contributed by atoms with Gasteiger partial charge in [0.05, 0.1) is 5.69 Å². The summed E-state index contributed by atoms with van der Waals surface area (Å²) < 4.78 is 0. The molecule has 1 saturated carbocycles. The van der Waals surface area contributed by atoms with Crippen LogP contribution in [0.2, 0.25) is 0 Å². The molecular formula is C21H34N6. The SMILES string of the molecule is CCc1nc(CNC(C)c2cnc(N(C)C3CCCCC3)nc2C)c(C)[nH]1. The third-order valence-corrected chi connectivity index (χ3v) is 5.85. The molecule has 0 aromatic carbocycles. The Bertz CT molecular complexity index is 747. The van der Waals surface area contributed by atoms with Gasteiger partial charge >= 0.3 is 0 Å². The lowest BCUT2D eigenvalue weighted by Gasteiger charge is -2.31. The highest BCUT2D eigenvalue weighted by Gasteiger charge is 2.21. The Morgan fingerprint density at radius 1 is 1.22 bits per heavy atom. The predicted molar refractivity (Wildman–Crippen MR) is 110 cm³/mol. The van der Waals surface area contributed by atoms with Gasteiger partial charge in [0, 0.05) is 55.2 Å². The summed E-state index contributed by atoms with van der Waals surface area (Å²) in [5.41, 5.74) is 4.44. The number of anilines is 1. The molecule has 148 valence electrons. The molecule has 2 aromatic heterocycles. The van der Waals surface area contributed by atoms with E-state index in [0.29, 0.717) is 6.04 Å². The van der Waals surface area contributed by atoms with Gasteiger partial charge in [-0.3, -0.25) is 0 Å². The fourth-order valence-electron chi connectivity index (χ4n) is 3.95. The quantitative estimate of drug-likeness (QED) is 0.771. The minimum atomic E-state index is 0.181. The number of hydrogen-bond acceptors (Lipinski definition) is 5. The molecule has 6 heteroatoms. The van der Waals surface area contributed by atoms with E-state index in [1.54, 1.807) is 0 Å². The standard InChI is InChI=1S/C21H34N6/c1-6-20-24-16(4)19(26-20)13-22-14(2)18-12-23-21(25-15(18)3)27(5)17-10-8-7-9-11-17/h12,14,17,22H,6-11,13H2,1-5H3,(H,24,26). The Kier molecular flexibility index (Phi) is 6.47. The number of aryl methyl sites for hydroxylation is 3. The summed E-state index contributed by atoms with van der Waals surface area (Å²) in [6, 6.07) is 0.759. The van der Waals surface area contributed by atoms with Gasteiger partial charge in [0.1, 0.15) is 5.82 Å². The molecular weight excluding hydrogens is 336 g/mol. The van der Waals surface area contributed by atoms with Crippen molar-refractivity contribution < 1.29 is 0 Å². The van der Waals surface area contributed by atoms with Crippen LogP contribution in [0.3, 0.4) is 0 Å². The lowest BCUT2D eigenvalue weighted by Crippen LogP contribution is -2.34. The van der Waals surface area contributed by atoms with Crippen molar-refractivity contribution in [1.82, 2.24) is 25.3 Å². The van der Waals surface area contributed by atoms with Gasteiger partial charge in [-0.25, -0.2) is 15.0 Å². The zero-order valence-corrected chi connectivity index (χ0v) is 17.5. The van der Waals surface area contributed by atoms with Crippen molar-refractivity contribution in [2.45, 2.75) is 84.8 Å². The average molecular weight is 371 g/mol. The van der Waals surface area contributed by atoms with Crippen LogP contribution in [0, 0.1) is 13.8 Å². The van der Waals surface area contributed by atoms with Crippen LogP contribution >= 0.6 is 0 Å².